The number of hydrogen-bond acceptors (Lipinski definition) is 3. The molecule has 4 heteroatoms. The van der Waals surface area contributed by atoms with Crippen molar-refractivity contribution in [2.45, 2.75) is 45.7 Å². The summed E-state index contributed by atoms with van der Waals surface area (Å²) in [7, 11) is 0. The first-order valence-corrected chi connectivity index (χ1v) is 8.00. The molecule has 112 valence electrons. The fourth-order valence-corrected chi connectivity index (χ4v) is 2.84. The first kappa shape index (κ1) is 17.3. The number of carbonyl (C=O) groups is 1. The fourth-order valence-electron chi connectivity index (χ4n) is 2.57. The zero-order valence-electron chi connectivity index (χ0n) is 12.5. The Labute approximate surface area is 130 Å². The Morgan fingerprint density at radius 3 is 2.25 bits per heavy atom. The SMILES string of the molecule is CCC(CC)N(CCO)C(C)C(=O)c1ccc(Br)cc1. The Morgan fingerprint density at radius 1 is 1.25 bits per heavy atom. The summed E-state index contributed by atoms with van der Waals surface area (Å²) in [6.45, 7) is 6.79. The van der Waals surface area contributed by atoms with Crippen LogP contribution in [0.3, 0.4) is 0 Å². The minimum absolute atomic E-state index is 0.0778. The fraction of sp³-hybridized carbons (Fsp3) is 0.562. The predicted octanol–water partition coefficient (Wildman–Crippen LogP) is 3.50. The molecule has 0 aliphatic carbocycles. The van der Waals surface area contributed by atoms with Gasteiger partial charge in [0.1, 0.15) is 0 Å². The molecular formula is C16H24BrNO2. The molecule has 0 aliphatic rings. The van der Waals surface area contributed by atoms with E-state index in [1.807, 2.05) is 31.2 Å². The Bertz CT molecular complexity index is 415. The van der Waals surface area contributed by atoms with E-state index in [-0.39, 0.29) is 18.4 Å². The standard InChI is InChI=1S/C16H24BrNO2/c1-4-15(5-2)18(10-11-19)12(3)16(20)13-6-8-14(17)9-7-13/h6-9,12,15,19H,4-5,10-11H2,1-3H3. The van der Waals surface area contributed by atoms with Gasteiger partial charge in [-0.1, -0.05) is 41.9 Å². The van der Waals surface area contributed by atoms with Gasteiger partial charge >= 0.3 is 0 Å². The second-order valence-corrected chi connectivity index (χ2v) is 5.89. The van der Waals surface area contributed by atoms with Crippen LogP contribution in [0.4, 0.5) is 0 Å². The van der Waals surface area contributed by atoms with Gasteiger partial charge in [-0.3, -0.25) is 9.69 Å². The lowest BCUT2D eigenvalue weighted by Crippen LogP contribution is -2.46. The van der Waals surface area contributed by atoms with E-state index >= 15 is 0 Å². The van der Waals surface area contributed by atoms with Crippen LogP contribution in [0.25, 0.3) is 0 Å². The van der Waals surface area contributed by atoms with Crippen LogP contribution in [-0.2, 0) is 0 Å². The highest BCUT2D eigenvalue weighted by molar-refractivity contribution is 9.10. The van der Waals surface area contributed by atoms with Crippen molar-refractivity contribution >= 4 is 21.7 Å². The van der Waals surface area contributed by atoms with Gasteiger partial charge in [0, 0.05) is 22.6 Å². The topological polar surface area (TPSA) is 40.5 Å². The van der Waals surface area contributed by atoms with Crippen molar-refractivity contribution < 1.29 is 9.90 Å². The number of rotatable bonds is 8. The molecule has 0 aromatic heterocycles. The number of nitrogens with zero attached hydrogens (tertiary/aromatic N) is 1. The minimum atomic E-state index is -0.215. The Kier molecular flexibility index (Phi) is 7.41. The third kappa shape index (κ3) is 4.40. The highest BCUT2D eigenvalue weighted by Gasteiger charge is 2.26. The Morgan fingerprint density at radius 2 is 1.80 bits per heavy atom. The van der Waals surface area contributed by atoms with E-state index in [2.05, 4.69) is 34.7 Å². The zero-order valence-corrected chi connectivity index (χ0v) is 14.1. The van der Waals surface area contributed by atoms with Crippen molar-refractivity contribution in [3.05, 3.63) is 34.3 Å². The maximum absolute atomic E-state index is 12.6. The van der Waals surface area contributed by atoms with E-state index in [1.165, 1.54) is 0 Å². The zero-order chi connectivity index (χ0) is 15.1. The number of aliphatic hydroxyl groups is 1. The van der Waals surface area contributed by atoms with Crippen LogP contribution in [-0.4, -0.2) is 41.0 Å². The van der Waals surface area contributed by atoms with Crippen LogP contribution in [0, 0.1) is 0 Å². The largest absolute Gasteiger partial charge is 0.395 e. The van der Waals surface area contributed by atoms with E-state index in [0.717, 1.165) is 22.9 Å². The molecule has 0 spiro atoms. The van der Waals surface area contributed by atoms with Gasteiger partial charge in [0.15, 0.2) is 5.78 Å². The molecule has 0 fully saturated rings. The van der Waals surface area contributed by atoms with Gasteiger partial charge in [-0.2, -0.15) is 0 Å². The molecule has 1 unspecified atom stereocenters. The number of carbonyl (C=O) groups excluding carboxylic acids is 1. The highest BCUT2D eigenvalue weighted by Crippen LogP contribution is 2.18. The number of benzene rings is 1. The Hall–Kier alpha value is -0.710. The van der Waals surface area contributed by atoms with Crippen molar-refractivity contribution in [2.24, 2.45) is 0 Å². The lowest BCUT2D eigenvalue weighted by molar-refractivity contribution is 0.0686. The Balaban J connectivity index is 2.90. The molecule has 0 heterocycles. The van der Waals surface area contributed by atoms with Gasteiger partial charge in [-0.05, 0) is 31.9 Å². The summed E-state index contributed by atoms with van der Waals surface area (Å²) >= 11 is 3.38. The summed E-state index contributed by atoms with van der Waals surface area (Å²) in [6, 6.07) is 7.56. The summed E-state index contributed by atoms with van der Waals surface area (Å²) < 4.78 is 0.967. The molecule has 20 heavy (non-hydrogen) atoms. The third-order valence-electron chi connectivity index (χ3n) is 3.78. The molecule has 1 aromatic rings. The lowest BCUT2D eigenvalue weighted by Gasteiger charge is -2.34. The van der Waals surface area contributed by atoms with E-state index in [1.54, 1.807) is 0 Å². The molecule has 1 atom stereocenters. The number of aliphatic hydroxyl groups excluding tert-OH is 1. The van der Waals surface area contributed by atoms with E-state index in [0.29, 0.717) is 12.6 Å². The monoisotopic (exact) mass is 341 g/mol. The van der Waals surface area contributed by atoms with Crippen LogP contribution in [0.5, 0.6) is 0 Å². The van der Waals surface area contributed by atoms with Gasteiger partial charge in [0.25, 0.3) is 0 Å². The minimum Gasteiger partial charge on any atom is -0.395 e. The van der Waals surface area contributed by atoms with Gasteiger partial charge in [-0.25, -0.2) is 0 Å². The highest BCUT2D eigenvalue weighted by atomic mass is 79.9. The average Bonchev–Trinajstić information content (AvgIpc) is 2.47. The third-order valence-corrected chi connectivity index (χ3v) is 4.30. The number of Topliss-reactive ketones (excluding diaryl/α,β-unsaturated/α-hetero) is 1. The average molecular weight is 342 g/mol. The van der Waals surface area contributed by atoms with Crippen molar-refractivity contribution in [2.75, 3.05) is 13.2 Å². The van der Waals surface area contributed by atoms with Gasteiger partial charge in [0.05, 0.1) is 12.6 Å². The molecule has 1 rings (SSSR count). The maximum atomic E-state index is 12.6. The van der Waals surface area contributed by atoms with Crippen LogP contribution >= 0.6 is 15.9 Å². The van der Waals surface area contributed by atoms with Crippen LogP contribution in [0.15, 0.2) is 28.7 Å². The summed E-state index contributed by atoms with van der Waals surface area (Å²) in [6.07, 6.45) is 1.96. The second-order valence-electron chi connectivity index (χ2n) is 4.98. The molecule has 3 nitrogen and oxygen atoms in total. The summed E-state index contributed by atoms with van der Waals surface area (Å²) in [5.74, 6) is 0.109. The van der Waals surface area contributed by atoms with E-state index in [9.17, 15) is 9.90 Å². The summed E-state index contributed by atoms with van der Waals surface area (Å²) in [4.78, 5) is 14.7. The first-order valence-electron chi connectivity index (χ1n) is 7.21. The normalized spacial score (nSPS) is 12.9. The van der Waals surface area contributed by atoms with Gasteiger partial charge < -0.3 is 5.11 Å². The van der Waals surface area contributed by atoms with Crippen molar-refractivity contribution in [3.8, 4) is 0 Å². The molecule has 0 bridgehead atoms. The van der Waals surface area contributed by atoms with Crippen molar-refractivity contribution in [1.29, 1.82) is 0 Å². The number of ketones is 1. The van der Waals surface area contributed by atoms with E-state index in [4.69, 9.17) is 0 Å². The van der Waals surface area contributed by atoms with Crippen LogP contribution in [0.2, 0.25) is 0 Å². The molecule has 0 saturated heterocycles. The molecule has 0 amide bonds. The quantitative estimate of drug-likeness (QED) is 0.735. The summed E-state index contributed by atoms with van der Waals surface area (Å²) in [5, 5.41) is 9.26. The molecule has 1 aromatic carbocycles. The predicted molar refractivity (Wildman–Crippen MR) is 86.1 cm³/mol. The number of halogens is 1. The first-order chi connectivity index (χ1) is 9.54. The molecular weight excluding hydrogens is 318 g/mol. The van der Waals surface area contributed by atoms with Crippen molar-refractivity contribution in [1.82, 2.24) is 4.90 Å². The molecule has 0 aliphatic heterocycles. The molecule has 1 N–H and O–H groups in total. The number of hydrogen-bond donors (Lipinski definition) is 1. The van der Waals surface area contributed by atoms with Gasteiger partial charge in [0.2, 0.25) is 0 Å². The van der Waals surface area contributed by atoms with E-state index < -0.39 is 0 Å². The summed E-state index contributed by atoms with van der Waals surface area (Å²) in [5.41, 5.74) is 0.717. The second kappa shape index (κ2) is 8.55. The van der Waals surface area contributed by atoms with Crippen molar-refractivity contribution in [3.63, 3.8) is 0 Å². The van der Waals surface area contributed by atoms with Crippen LogP contribution in [0.1, 0.15) is 44.0 Å². The van der Waals surface area contributed by atoms with Gasteiger partial charge in [-0.15, -0.1) is 0 Å². The van der Waals surface area contributed by atoms with Crippen LogP contribution < -0.4 is 0 Å². The molecule has 0 radical (unpaired) electrons. The lowest BCUT2D eigenvalue weighted by atomic mass is 10.0. The smallest absolute Gasteiger partial charge is 0.179 e. The maximum Gasteiger partial charge on any atom is 0.179 e. The molecule has 0 saturated carbocycles.